The second-order valence-corrected chi connectivity index (χ2v) is 8.44. The summed E-state index contributed by atoms with van der Waals surface area (Å²) < 4.78 is 16.9. The van der Waals surface area contributed by atoms with E-state index in [1.54, 1.807) is 18.2 Å². The fraction of sp³-hybridized carbons (Fsp3) is 0.286. The SMILES string of the molecule is COc1cc(-c2cc(C)c(O)c(C)c2)c(OC)c(O)c1-c1ccc(OCCC=C(C)C)c(O)c1. The maximum absolute atomic E-state index is 11.2. The highest BCUT2D eigenvalue weighted by Crippen LogP contribution is 2.50. The van der Waals surface area contributed by atoms with Crippen LogP contribution in [0.25, 0.3) is 22.3 Å². The van der Waals surface area contributed by atoms with Gasteiger partial charge in [-0.3, -0.25) is 0 Å². The number of aryl methyl sites for hydroxylation is 2. The average molecular weight is 465 g/mol. The Kier molecular flexibility index (Phi) is 7.61. The van der Waals surface area contributed by atoms with Gasteiger partial charge >= 0.3 is 0 Å². The van der Waals surface area contributed by atoms with Crippen molar-refractivity contribution in [3.8, 4) is 56.8 Å². The number of hydrogen-bond donors (Lipinski definition) is 3. The molecule has 0 radical (unpaired) electrons. The van der Waals surface area contributed by atoms with Gasteiger partial charge in [-0.1, -0.05) is 17.7 Å². The van der Waals surface area contributed by atoms with E-state index in [4.69, 9.17) is 14.2 Å². The van der Waals surface area contributed by atoms with Crippen LogP contribution in [0.15, 0.2) is 48.0 Å². The molecule has 0 aromatic heterocycles. The summed E-state index contributed by atoms with van der Waals surface area (Å²) in [7, 11) is 3.00. The molecule has 0 spiro atoms. The molecule has 0 aliphatic rings. The zero-order valence-corrected chi connectivity index (χ0v) is 20.5. The molecule has 6 heteroatoms. The maximum atomic E-state index is 11.2. The molecule has 6 nitrogen and oxygen atoms in total. The summed E-state index contributed by atoms with van der Waals surface area (Å²) in [6.45, 7) is 8.12. The van der Waals surface area contributed by atoms with Crippen molar-refractivity contribution in [2.45, 2.75) is 34.1 Å². The van der Waals surface area contributed by atoms with E-state index in [9.17, 15) is 15.3 Å². The monoisotopic (exact) mass is 464 g/mol. The number of benzene rings is 3. The Bertz CT molecular complexity index is 1200. The number of allylic oxidation sites excluding steroid dienone is 1. The highest BCUT2D eigenvalue weighted by molar-refractivity contribution is 5.88. The van der Waals surface area contributed by atoms with Crippen molar-refractivity contribution >= 4 is 0 Å². The summed E-state index contributed by atoms with van der Waals surface area (Å²) in [4.78, 5) is 0. The second kappa shape index (κ2) is 10.4. The number of rotatable bonds is 8. The topological polar surface area (TPSA) is 88.4 Å². The summed E-state index contributed by atoms with van der Waals surface area (Å²) in [5.41, 5.74) is 4.96. The van der Waals surface area contributed by atoms with Crippen molar-refractivity contribution in [3.63, 3.8) is 0 Å². The lowest BCUT2D eigenvalue weighted by Gasteiger charge is -2.19. The predicted octanol–water partition coefficient (Wildman–Crippen LogP) is 6.51. The molecular weight excluding hydrogens is 432 g/mol. The van der Waals surface area contributed by atoms with Gasteiger partial charge < -0.3 is 29.5 Å². The molecule has 0 aliphatic heterocycles. The Morgan fingerprint density at radius 1 is 0.824 bits per heavy atom. The standard InChI is InChI=1S/C28H32O6/c1-16(2)8-7-11-34-23-10-9-19(14-22(23)29)25-24(32-5)15-21(28(33-6)27(25)31)20-12-17(3)26(30)18(4)13-20/h8-10,12-15,29-31H,7,11H2,1-6H3. The molecule has 0 saturated heterocycles. The first kappa shape index (κ1) is 24.8. The lowest BCUT2D eigenvalue weighted by molar-refractivity contribution is 0.305. The molecule has 0 unspecified atom stereocenters. The third-order valence-corrected chi connectivity index (χ3v) is 5.62. The molecule has 0 fully saturated rings. The van der Waals surface area contributed by atoms with Gasteiger partial charge in [-0.25, -0.2) is 0 Å². The summed E-state index contributed by atoms with van der Waals surface area (Å²) in [5, 5.41) is 31.9. The molecule has 3 N–H and O–H groups in total. The van der Waals surface area contributed by atoms with Crippen LogP contribution in [0.4, 0.5) is 0 Å². The van der Waals surface area contributed by atoms with Crippen molar-refractivity contribution in [2.75, 3.05) is 20.8 Å². The second-order valence-electron chi connectivity index (χ2n) is 8.44. The highest BCUT2D eigenvalue weighted by Gasteiger charge is 2.23. The van der Waals surface area contributed by atoms with Crippen LogP contribution in [0.3, 0.4) is 0 Å². The van der Waals surface area contributed by atoms with Gasteiger partial charge in [0.25, 0.3) is 0 Å². The lowest BCUT2D eigenvalue weighted by Crippen LogP contribution is -1.98. The van der Waals surface area contributed by atoms with Gasteiger partial charge in [-0.2, -0.15) is 0 Å². The van der Waals surface area contributed by atoms with Gasteiger partial charge in [0.15, 0.2) is 23.0 Å². The molecule has 180 valence electrons. The number of phenols is 3. The van der Waals surface area contributed by atoms with Gasteiger partial charge in [-0.05, 0) is 86.7 Å². The Labute approximate surface area is 200 Å². The number of aromatic hydroxyl groups is 3. The minimum Gasteiger partial charge on any atom is -0.507 e. The van der Waals surface area contributed by atoms with Crippen LogP contribution < -0.4 is 14.2 Å². The van der Waals surface area contributed by atoms with Crippen molar-refractivity contribution in [2.24, 2.45) is 0 Å². The summed E-state index contributed by atoms with van der Waals surface area (Å²) in [6, 6.07) is 10.4. The van der Waals surface area contributed by atoms with Crippen molar-refractivity contribution in [3.05, 3.63) is 59.2 Å². The molecule has 3 aromatic carbocycles. The van der Waals surface area contributed by atoms with E-state index in [-0.39, 0.29) is 23.0 Å². The largest absolute Gasteiger partial charge is 0.507 e. The molecule has 0 amide bonds. The normalized spacial score (nSPS) is 10.6. The maximum Gasteiger partial charge on any atom is 0.170 e. The van der Waals surface area contributed by atoms with E-state index >= 15 is 0 Å². The van der Waals surface area contributed by atoms with Crippen LogP contribution in [0.5, 0.6) is 34.5 Å². The van der Waals surface area contributed by atoms with E-state index in [1.807, 2.05) is 39.8 Å². The number of ether oxygens (including phenoxy) is 3. The van der Waals surface area contributed by atoms with Crippen LogP contribution in [0, 0.1) is 13.8 Å². The third-order valence-electron chi connectivity index (χ3n) is 5.62. The number of phenolic OH excluding ortho intramolecular Hbond substituents is 3. The van der Waals surface area contributed by atoms with Gasteiger partial charge in [0.2, 0.25) is 0 Å². The van der Waals surface area contributed by atoms with Crippen molar-refractivity contribution in [1.29, 1.82) is 0 Å². The number of methoxy groups -OCH3 is 2. The molecule has 0 heterocycles. The first-order chi connectivity index (χ1) is 16.2. The van der Waals surface area contributed by atoms with Crippen LogP contribution >= 0.6 is 0 Å². The minimum absolute atomic E-state index is 0.0380. The van der Waals surface area contributed by atoms with Gasteiger partial charge in [0.1, 0.15) is 11.5 Å². The van der Waals surface area contributed by atoms with E-state index < -0.39 is 0 Å². The predicted molar refractivity (Wildman–Crippen MR) is 134 cm³/mol. The Hall–Kier alpha value is -3.80. The first-order valence-corrected chi connectivity index (χ1v) is 11.1. The van der Waals surface area contributed by atoms with E-state index in [2.05, 4.69) is 6.08 Å². The first-order valence-electron chi connectivity index (χ1n) is 11.1. The molecule has 3 aromatic rings. The van der Waals surface area contributed by atoms with E-state index in [0.717, 1.165) is 12.0 Å². The molecule has 0 aliphatic carbocycles. The Morgan fingerprint density at radius 2 is 1.50 bits per heavy atom. The molecule has 0 bridgehead atoms. The Balaban J connectivity index is 2.06. The van der Waals surface area contributed by atoms with E-state index in [1.165, 1.54) is 25.9 Å². The zero-order valence-electron chi connectivity index (χ0n) is 20.5. The average Bonchev–Trinajstić information content (AvgIpc) is 2.79. The molecular formula is C28H32O6. The van der Waals surface area contributed by atoms with Crippen molar-refractivity contribution < 1.29 is 29.5 Å². The summed E-state index contributed by atoms with van der Waals surface area (Å²) >= 11 is 0. The fourth-order valence-electron chi connectivity index (χ4n) is 3.91. The highest BCUT2D eigenvalue weighted by atomic mass is 16.5. The van der Waals surface area contributed by atoms with Crippen LogP contribution in [0.2, 0.25) is 0 Å². The molecule has 0 atom stereocenters. The van der Waals surface area contributed by atoms with Gasteiger partial charge in [0.05, 0.1) is 26.4 Å². The third kappa shape index (κ3) is 5.06. The smallest absolute Gasteiger partial charge is 0.170 e. The van der Waals surface area contributed by atoms with Crippen molar-refractivity contribution in [1.82, 2.24) is 0 Å². The van der Waals surface area contributed by atoms with E-state index in [0.29, 0.717) is 45.9 Å². The fourth-order valence-corrected chi connectivity index (χ4v) is 3.91. The van der Waals surface area contributed by atoms with Crippen LogP contribution in [0.1, 0.15) is 31.4 Å². The Morgan fingerprint density at radius 3 is 2.06 bits per heavy atom. The molecule has 3 rings (SSSR count). The molecule has 34 heavy (non-hydrogen) atoms. The van der Waals surface area contributed by atoms with Gasteiger partial charge in [0, 0.05) is 5.56 Å². The number of hydrogen-bond acceptors (Lipinski definition) is 6. The van der Waals surface area contributed by atoms with Gasteiger partial charge in [-0.15, -0.1) is 0 Å². The van der Waals surface area contributed by atoms with Crippen LogP contribution in [-0.4, -0.2) is 36.1 Å². The minimum atomic E-state index is -0.114. The summed E-state index contributed by atoms with van der Waals surface area (Å²) in [6.07, 6.45) is 2.81. The van der Waals surface area contributed by atoms with Crippen LogP contribution in [-0.2, 0) is 0 Å². The summed E-state index contributed by atoms with van der Waals surface area (Å²) in [5.74, 6) is 1.12. The molecule has 0 saturated carbocycles. The quantitative estimate of drug-likeness (QED) is 0.260. The lowest BCUT2D eigenvalue weighted by atomic mass is 9.94. The zero-order chi connectivity index (χ0) is 25.0.